The largest absolute Gasteiger partial charge is 0.456 e. The molecule has 0 fully saturated rings. The molecule has 3 aromatic heterocycles. The summed E-state index contributed by atoms with van der Waals surface area (Å²) in [6.07, 6.45) is 0. The zero-order chi connectivity index (χ0) is 32.8. The van der Waals surface area contributed by atoms with E-state index in [9.17, 15) is 0 Å². The Bertz CT molecular complexity index is 3110. The van der Waals surface area contributed by atoms with Crippen LogP contribution in [0.15, 0.2) is 179 Å². The van der Waals surface area contributed by atoms with Crippen molar-refractivity contribution in [1.82, 2.24) is 4.57 Å². The highest BCUT2D eigenvalue weighted by atomic mass is 16.3. The van der Waals surface area contributed by atoms with Crippen molar-refractivity contribution >= 4 is 93.5 Å². The summed E-state index contributed by atoms with van der Waals surface area (Å²) < 4.78 is 15.6. The Balaban J connectivity index is 1.28. The molecule has 4 nitrogen and oxygen atoms in total. The fraction of sp³-hybridized carbons (Fsp3) is 0. The molecule has 0 radical (unpaired) electrons. The molecule has 0 aliphatic rings. The van der Waals surface area contributed by atoms with Gasteiger partial charge in [-0.1, -0.05) is 103 Å². The highest BCUT2D eigenvalue weighted by Gasteiger charge is 2.25. The minimum absolute atomic E-state index is 0.842. The van der Waals surface area contributed by atoms with Gasteiger partial charge in [0.15, 0.2) is 5.58 Å². The van der Waals surface area contributed by atoms with Gasteiger partial charge in [-0.3, -0.25) is 0 Å². The maximum atomic E-state index is 6.88. The molecule has 234 valence electrons. The van der Waals surface area contributed by atoms with E-state index in [0.717, 1.165) is 83.0 Å². The van der Waals surface area contributed by atoms with Crippen molar-refractivity contribution in [2.45, 2.75) is 0 Å². The lowest BCUT2D eigenvalue weighted by Gasteiger charge is -2.27. The number of benzene rings is 8. The second-order valence-corrected chi connectivity index (χ2v) is 12.9. The molecule has 11 rings (SSSR count). The first-order chi connectivity index (χ1) is 24.8. The average Bonchev–Trinajstić information content (AvgIpc) is 3.84. The van der Waals surface area contributed by atoms with Crippen molar-refractivity contribution in [3.63, 3.8) is 0 Å². The van der Waals surface area contributed by atoms with E-state index in [0.29, 0.717) is 0 Å². The Morgan fingerprint density at radius 2 is 1.06 bits per heavy atom. The number of hydrogen-bond donors (Lipinski definition) is 0. The van der Waals surface area contributed by atoms with Crippen LogP contribution >= 0.6 is 0 Å². The number of rotatable bonds is 4. The molecule has 4 heteroatoms. The number of hydrogen-bond acceptors (Lipinski definition) is 3. The van der Waals surface area contributed by atoms with Gasteiger partial charge in [0.1, 0.15) is 16.7 Å². The quantitative estimate of drug-likeness (QED) is 0.192. The van der Waals surface area contributed by atoms with Gasteiger partial charge in [0.25, 0.3) is 0 Å². The lowest BCUT2D eigenvalue weighted by atomic mass is 10.0. The summed E-state index contributed by atoms with van der Waals surface area (Å²) in [5.41, 5.74) is 9.87. The smallest absolute Gasteiger partial charge is 0.159 e. The number of furan rings is 2. The van der Waals surface area contributed by atoms with E-state index in [4.69, 9.17) is 8.83 Å². The standard InChI is InChI=1S/C46H28N2O2/c1-2-14-31(15-3-1)48-39-20-8-6-16-33(39)35-18-10-21-40(45(35)48)47(32-24-25-43-38(28-32)34-17-7-9-23-42(34)49-43)41-22-11-19-36-37-26-29-12-4-5-13-30(29)27-44(37)50-46(36)41/h1-28H. The van der Waals surface area contributed by atoms with E-state index in [2.05, 4.69) is 167 Å². The van der Waals surface area contributed by atoms with Crippen LogP contribution in [0.4, 0.5) is 17.1 Å². The van der Waals surface area contributed by atoms with Gasteiger partial charge < -0.3 is 18.3 Å². The van der Waals surface area contributed by atoms with Gasteiger partial charge in [-0.05, 0) is 77.5 Å². The zero-order valence-corrected chi connectivity index (χ0v) is 26.9. The Morgan fingerprint density at radius 1 is 0.400 bits per heavy atom. The first-order valence-corrected chi connectivity index (χ1v) is 16.9. The molecule has 0 aliphatic heterocycles. The van der Waals surface area contributed by atoms with Crippen molar-refractivity contribution in [2.24, 2.45) is 0 Å². The number of para-hydroxylation sites is 5. The molecular formula is C46H28N2O2. The molecule has 0 unspecified atom stereocenters. The third kappa shape index (κ3) is 3.87. The van der Waals surface area contributed by atoms with Crippen LogP contribution in [0.5, 0.6) is 0 Å². The van der Waals surface area contributed by atoms with Crippen LogP contribution in [-0.4, -0.2) is 4.57 Å². The van der Waals surface area contributed by atoms with Crippen LogP contribution in [0.25, 0.3) is 82.1 Å². The summed E-state index contributed by atoms with van der Waals surface area (Å²) in [4.78, 5) is 2.37. The number of anilines is 3. The van der Waals surface area contributed by atoms with Crippen LogP contribution in [0.2, 0.25) is 0 Å². The third-order valence-electron chi connectivity index (χ3n) is 10.1. The van der Waals surface area contributed by atoms with Crippen molar-refractivity contribution in [2.75, 3.05) is 4.90 Å². The molecule has 0 saturated carbocycles. The molecular weight excluding hydrogens is 613 g/mol. The second-order valence-electron chi connectivity index (χ2n) is 12.9. The Kier molecular flexibility index (Phi) is 5.63. The topological polar surface area (TPSA) is 34.5 Å². The monoisotopic (exact) mass is 640 g/mol. The Morgan fingerprint density at radius 3 is 1.94 bits per heavy atom. The van der Waals surface area contributed by atoms with Crippen LogP contribution in [0.1, 0.15) is 0 Å². The summed E-state index contributed by atoms with van der Waals surface area (Å²) in [5.74, 6) is 0. The maximum Gasteiger partial charge on any atom is 0.159 e. The highest BCUT2D eigenvalue weighted by Crippen LogP contribution is 2.47. The van der Waals surface area contributed by atoms with Gasteiger partial charge in [-0.2, -0.15) is 0 Å². The SMILES string of the molecule is c1ccc(-n2c3ccccc3c3cccc(N(c4ccc5oc6ccccc6c5c4)c4cccc5c4oc4cc6ccccc6cc45)c32)cc1. The molecule has 11 aromatic rings. The molecule has 3 heterocycles. The van der Waals surface area contributed by atoms with Gasteiger partial charge >= 0.3 is 0 Å². The molecule has 0 atom stereocenters. The number of fused-ring (bicyclic) bond motifs is 10. The first-order valence-electron chi connectivity index (χ1n) is 16.9. The van der Waals surface area contributed by atoms with Gasteiger partial charge in [0.2, 0.25) is 0 Å². The minimum atomic E-state index is 0.842. The van der Waals surface area contributed by atoms with E-state index in [1.54, 1.807) is 0 Å². The fourth-order valence-electron chi connectivity index (χ4n) is 7.93. The van der Waals surface area contributed by atoms with E-state index in [1.165, 1.54) is 16.2 Å². The summed E-state index contributed by atoms with van der Waals surface area (Å²) in [7, 11) is 0. The normalized spacial score (nSPS) is 12.0. The van der Waals surface area contributed by atoms with Gasteiger partial charge in [0.05, 0.1) is 22.4 Å². The molecule has 0 aliphatic carbocycles. The summed E-state index contributed by atoms with van der Waals surface area (Å²) in [5, 5.41) is 9.10. The van der Waals surface area contributed by atoms with Crippen molar-refractivity contribution in [3.05, 3.63) is 170 Å². The van der Waals surface area contributed by atoms with Crippen molar-refractivity contribution in [3.8, 4) is 5.69 Å². The predicted molar refractivity (Wildman–Crippen MR) is 208 cm³/mol. The van der Waals surface area contributed by atoms with E-state index in [1.807, 2.05) is 12.1 Å². The predicted octanol–water partition coefficient (Wildman–Crippen LogP) is 13.2. The molecule has 0 bridgehead atoms. The van der Waals surface area contributed by atoms with E-state index < -0.39 is 0 Å². The maximum absolute atomic E-state index is 6.88. The fourth-order valence-corrected chi connectivity index (χ4v) is 7.93. The average molecular weight is 641 g/mol. The molecule has 8 aromatic carbocycles. The van der Waals surface area contributed by atoms with Crippen LogP contribution in [-0.2, 0) is 0 Å². The first kappa shape index (κ1) is 27.2. The Hall–Kier alpha value is -6.78. The molecule has 0 spiro atoms. The number of aromatic nitrogens is 1. The third-order valence-corrected chi connectivity index (χ3v) is 10.1. The number of nitrogens with zero attached hydrogens (tertiary/aromatic N) is 2. The van der Waals surface area contributed by atoms with Crippen LogP contribution in [0, 0.1) is 0 Å². The lowest BCUT2D eigenvalue weighted by Crippen LogP contribution is -2.12. The molecule has 0 amide bonds. The molecule has 0 saturated heterocycles. The molecule has 0 N–H and O–H groups in total. The van der Waals surface area contributed by atoms with Gasteiger partial charge in [0, 0.05) is 43.7 Å². The zero-order valence-electron chi connectivity index (χ0n) is 26.9. The second kappa shape index (κ2) is 10.4. The van der Waals surface area contributed by atoms with Crippen molar-refractivity contribution in [1.29, 1.82) is 0 Å². The minimum Gasteiger partial charge on any atom is -0.456 e. The highest BCUT2D eigenvalue weighted by molar-refractivity contribution is 6.18. The lowest BCUT2D eigenvalue weighted by molar-refractivity contribution is 0.669. The summed E-state index contributed by atoms with van der Waals surface area (Å²) in [6.45, 7) is 0. The van der Waals surface area contributed by atoms with Crippen molar-refractivity contribution < 1.29 is 8.83 Å². The Labute approximate surface area is 286 Å². The van der Waals surface area contributed by atoms with Crippen LogP contribution in [0.3, 0.4) is 0 Å². The molecule has 50 heavy (non-hydrogen) atoms. The van der Waals surface area contributed by atoms with E-state index in [-0.39, 0.29) is 0 Å². The van der Waals surface area contributed by atoms with Gasteiger partial charge in [-0.15, -0.1) is 0 Å². The summed E-state index contributed by atoms with van der Waals surface area (Å²) >= 11 is 0. The summed E-state index contributed by atoms with van der Waals surface area (Å²) in [6, 6.07) is 60.1. The van der Waals surface area contributed by atoms with Gasteiger partial charge in [-0.25, -0.2) is 0 Å². The van der Waals surface area contributed by atoms with Crippen LogP contribution < -0.4 is 4.90 Å². The van der Waals surface area contributed by atoms with E-state index >= 15 is 0 Å².